The second kappa shape index (κ2) is 3.81. The summed E-state index contributed by atoms with van der Waals surface area (Å²) < 4.78 is 16.4. The SMILES string of the molecule is CC(OP(C)(C)=O)C(C)(C)C(=O)O. The van der Waals surface area contributed by atoms with Gasteiger partial charge in [-0.15, -0.1) is 0 Å². The van der Waals surface area contributed by atoms with E-state index in [4.69, 9.17) is 9.63 Å². The zero-order valence-corrected chi connectivity index (χ0v) is 9.59. The summed E-state index contributed by atoms with van der Waals surface area (Å²) in [6.45, 7) is 7.67. The largest absolute Gasteiger partial charge is 0.481 e. The molecule has 0 aromatic rings. The van der Waals surface area contributed by atoms with E-state index in [9.17, 15) is 9.36 Å². The first-order valence-electron chi connectivity index (χ1n) is 4.04. The highest BCUT2D eigenvalue weighted by Crippen LogP contribution is 2.42. The molecule has 78 valence electrons. The van der Waals surface area contributed by atoms with Crippen LogP contribution in [0.5, 0.6) is 0 Å². The van der Waals surface area contributed by atoms with Gasteiger partial charge in [0.15, 0.2) is 7.37 Å². The molecule has 5 heteroatoms. The minimum atomic E-state index is -2.62. The Morgan fingerprint density at radius 2 is 1.85 bits per heavy atom. The average molecular weight is 208 g/mol. The van der Waals surface area contributed by atoms with Crippen molar-refractivity contribution < 1.29 is 19.0 Å². The second-order valence-corrected chi connectivity index (χ2v) is 6.74. The van der Waals surface area contributed by atoms with Crippen molar-refractivity contribution in [3.8, 4) is 0 Å². The van der Waals surface area contributed by atoms with E-state index in [-0.39, 0.29) is 0 Å². The summed E-state index contributed by atoms with van der Waals surface area (Å²) in [4.78, 5) is 10.8. The lowest BCUT2D eigenvalue weighted by molar-refractivity contribution is -0.151. The lowest BCUT2D eigenvalue weighted by Crippen LogP contribution is -2.36. The molecule has 0 saturated carbocycles. The fraction of sp³-hybridized carbons (Fsp3) is 0.875. The molecule has 0 fully saturated rings. The van der Waals surface area contributed by atoms with Gasteiger partial charge >= 0.3 is 5.97 Å². The Labute approximate surface area is 78.7 Å². The molecule has 0 radical (unpaired) electrons. The van der Waals surface area contributed by atoms with E-state index in [0.717, 1.165) is 0 Å². The lowest BCUT2D eigenvalue weighted by Gasteiger charge is -2.28. The van der Waals surface area contributed by atoms with Crippen molar-refractivity contribution in [2.24, 2.45) is 5.41 Å². The number of carbonyl (C=O) groups is 1. The van der Waals surface area contributed by atoms with Gasteiger partial charge in [0.25, 0.3) is 0 Å². The Hall–Kier alpha value is -0.340. The van der Waals surface area contributed by atoms with Crippen LogP contribution >= 0.6 is 7.37 Å². The van der Waals surface area contributed by atoms with Crippen LogP contribution in [0.15, 0.2) is 0 Å². The van der Waals surface area contributed by atoms with Gasteiger partial charge in [-0.2, -0.15) is 0 Å². The van der Waals surface area contributed by atoms with Crippen molar-refractivity contribution in [3.63, 3.8) is 0 Å². The van der Waals surface area contributed by atoms with Crippen molar-refractivity contribution in [1.29, 1.82) is 0 Å². The molecule has 0 bridgehead atoms. The summed E-state index contributed by atoms with van der Waals surface area (Å²) >= 11 is 0. The Morgan fingerprint density at radius 3 is 2.08 bits per heavy atom. The van der Waals surface area contributed by atoms with E-state index in [1.165, 1.54) is 13.3 Å². The third-order valence-electron chi connectivity index (χ3n) is 1.98. The van der Waals surface area contributed by atoms with Crippen LogP contribution in [0.3, 0.4) is 0 Å². The molecule has 0 aliphatic heterocycles. The molecule has 0 aromatic heterocycles. The monoisotopic (exact) mass is 208 g/mol. The zero-order valence-electron chi connectivity index (χ0n) is 8.70. The molecule has 0 spiro atoms. The predicted molar refractivity (Wildman–Crippen MR) is 51.4 cm³/mol. The van der Waals surface area contributed by atoms with Crippen LogP contribution in [0, 0.1) is 5.41 Å². The second-order valence-electron chi connectivity index (χ2n) is 4.03. The van der Waals surface area contributed by atoms with Crippen LogP contribution in [-0.4, -0.2) is 30.5 Å². The predicted octanol–water partition coefficient (Wildman–Crippen LogP) is 2.04. The normalized spacial score (nSPS) is 15.5. The molecule has 0 heterocycles. The first-order valence-corrected chi connectivity index (χ1v) is 6.56. The lowest BCUT2D eigenvalue weighted by atomic mass is 9.88. The van der Waals surface area contributed by atoms with E-state index in [1.807, 2.05) is 0 Å². The molecule has 13 heavy (non-hydrogen) atoms. The van der Waals surface area contributed by atoms with Crippen LogP contribution in [0.25, 0.3) is 0 Å². The highest BCUT2D eigenvalue weighted by Gasteiger charge is 2.36. The summed E-state index contributed by atoms with van der Waals surface area (Å²) in [6, 6.07) is 0. The quantitative estimate of drug-likeness (QED) is 0.718. The highest BCUT2D eigenvalue weighted by atomic mass is 31.2. The third kappa shape index (κ3) is 3.92. The summed E-state index contributed by atoms with van der Waals surface area (Å²) in [5.74, 6) is -0.951. The van der Waals surface area contributed by atoms with Gasteiger partial charge in [0, 0.05) is 13.3 Å². The molecule has 1 atom stereocenters. The van der Waals surface area contributed by atoms with Gasteiger partial charge in [-0.25, -0.2) is 0 Å². The maximum Gasteiger partial charge on any atom is 0.311 e. The number of aliphatic carboxylic acids is 1. The first-order chi connectivity index (χ1) is 5.57. The minimum Gasteiger partial charge on any atom is -0.481 e. The van der Waals surface area contributed by atoms with Crippen LogP contribution in [0.1, 0.15) is 20.8 Å². The fourth-order valence-corrected chi connectivity index (χ4v) is 1.71. The van der Waals surface area contributed by atoms with Gasteiger partial charge in [-0.3, -0.25) is 9.36 Å². The number of carboxylic acids is 1. The molecular weight excluding hydrogens is 191 g/mol. The van der Waals surface area contributed by atoms with Crippen molar-refractivity contribution in [3.05, 3.63) is 0 Å². The van der Waals surface area contributed by atoms with Crippen LogP contribution in [0.2, 0.25) is 0 Å². The summed E-state index contributed by atoms with van der Waals surface area (Å²) in [7, 11) is -2.62. The molecule has 1 unspecified atom stereocenters. The topological polar surface area (TPSA) is 63.6 Å². The Balaban J connectivity index is 4.52. The van der Waals surface area contributed by atoms with Gasteiger partial charge < -0.3 is 9.63 Å². The van der Waals surface area contributed by atoms with E-state index in [0.29, 0.717) is 0 Å². The number of rotatable bonds is 4. The van der Waals surface area contributed by atoms with Crippen LogP contribution in [-0.2, 0) is 13.9 Å². The van der Waals surface area contributed by atoms with Crippen LogP contribution in [0.4, 0.5) is 0 Å². The molecule has 0 saturated heterocycles. The van der Waals surface area contributed by atoms with E-state index in [2.05, 4.69) is 0 Å². The van der Waals surface area contributed by atoms with E-state index >= 15 is 0 Å². The number of hydrogen-bond acceptors (Lipinski definition) is 3. The fourth-order valence-electron chi connectivity index (χ4n) is 0.686. The first kappa shape index (κ1) is 12.7. The average Bonchev–Trinajstić information content (AvgIpc) is 1.82. The molecule has 0 amide bonds. The standard InChI is InChI=1S/C8H17O4P/c1-6(12-13(4,5)11)8(2,3)7(9)10/h6H,1-5H3,(H,9,10). The third-order valence-corrected chi connectivity index (χ3v) is 2.80. The van der Waals surface area contributed by atoms with Gasteiger partial charge in [0.05, 0.1) is 11.5 Å². The van der Waals surface area contributed by atoms with Crippen LogP contribution < -0.4 is 0 Å². The van der Waals surface area contributed by atoms with Gasteiger partial charge in [0.2, 0.25) is 0 Å². The maximum absolute atomic E-state index is 11.3. The Morgan fingerprint density at radius 1 is 1.46 bits per heavy atom. The van der Waals surface area contributed by atoms with Gasteiger partial charge in [-0.1, -0.05) is 0 Å². The van der Waals surface area contributed by atoms with Crippen molar-refractivity contribution in [2.75, 3.05) is 13.3 Å². The van der Waals surface area contributed by atoms with Gasteiger partial charge in [0.1, 0.15) is 0 Å². The molecule has 0 aliphatic rings. The smallest absolute Gasteiger partial charge is 0.311 e. The molecular formula is C8H17O4P. The molecule has 1 N–H and O–H groups in total. The molecule has 0 aliphatic carbocycles. The minimum absolute atomic E-state index is 0.564. The van der Waals surface area contributed by atoms with Gasteiger partial charge in [-0.05, 0) is 20.8 Å². The zero-order chi connectivity index (χ0) is 10.9. The summed E-state index contributed by atoms with van der Waals surface area (Å²) in [6.07, 6.45) is -0.564. The molecule has 0 aromatic carbocycles. The van der Waals surface area contributed by atoms with Crippen molar-refractivity contribution >= 4 is 13.3 Å². The maximum atomic E-state index is 11.3. The number of carboxylic acid groups (broad SMARTS) is 1. The molecule has 4 nitrogen and oxygen atoms in total. The Kier molecular flexibility index (Phi) is 3.71. The summed E-state index contributed by atoms with van der Waals surface area (Å²) in [5.41, 5.74) is -1.01. The van der Waals surface area contributed by atoms with E-state index in [1.54, 1.807) is 20.8 Å². The Bertz CT molecular complexity index is 241. The highest BCUT2D eigenvalue weighted by molar-refractivity contribution is 7.57. The number of hydrogen-bond donors (Lipinski definition) is 1. The van der Waals surface area contributed by atoms with Crippen molar-refractivity contribution in [2.45, 2.75) is 26.9 Å². The summed E-state index contributed by atoms with van der Waals surface area (Å²) in [5, 5.41) is 8.84. The van der Waals surface area contributed by atoms with Crippen molar-refractivity contribution in [1.82, 2.24) is 0 Å². The van der Waals surface area contributed by atoms with E-state index < -0.39 is 24.9 Å². The molecule has 0 rings (SSSR count).